The lowest BCUT2D eigenvalue weighted by molar-refractivity contribution is 0.0366. The number of ether oxygens (including phenoxy) is 1. The molecule has 0 aromatic heterocycles. The zero-order valence-electron chi connectivity index (χ0n) is 9.65. The molecule has 0 saturated heterocycles. The summed E-state index contributed by atoms with van der Waals surface area (Å²) in [4.78, 5) is 11.5. The molecule has 0 heterocycles. The van der Waals surface area contributed by atoms with E-state index in [1.807, 2.05) is 20.8 Å². The second-order valence-corrected chi connectivity index (χ2v) is 4.84. The molecule has 4 heteroatoms. The fraction of sp³-hybridized carbons (Fsp3) is 0.417. The molecule has 2 N–H and O–H groups in total. The number of aromatic hydroxyl groups is 2. The number of rotatable bonds is 2. The lowest BCUT2D eigenvalue weighted by atomic mass is 9.99. The minimum Gasteiger partial charge on any atom is -0.504 e. The van der Waals surface area contributed by atoms with E-state index >= 15 is 0 Å². The summed E-state index contributed by atoms with van der Waals surface area (Å²) < 4.78 is 5.06. The Bertz CT molecular complexity index is 390. The number of hydrogen-bond donors (Lipinski definition) is 2. The van der Waals surface area contributed by atoms with Gasteiger partial charge in [-0.15, -0.1) is 0 Å². The van der Waals surface area contributed by atoms with Crippen LogP contribution >= 0.6 is 0 Å². The number of phenols is 2. The number of benzene rings is 1. The van der Waals surface area contributed by atoms with Crippen LogP contribution < -0.4 is 0 Å². The van der Waals surface area contributed by atoms with Crippen molar-refractivity contribution in [2.45, 2.75) is 20.8 Å². The molecule has 88 valence electrons. The first-order valence-corrected chi connectivity index (χ1v) is 4.99. The van der Waals surface area contributed by atoms with Crippen LogP contribution in [-0.4, -0.2) is 22.8 Å². The lowest BCUT2D eigenvalue weighted by Gasteiger charge is -2.17. The Morgan fingerprint density at radius 2 is 1.88 bits per heavy atom. The predicted molar refractivity (Wildman–Crippen MR) is 59.5 cm³/mol. The van der Waals surface area contributed by atoms with Crippen molar-refractivity contribution in [3.63, 3.8) is 0 Å². The fourth-order valence-electron chi connectivity index (χ4n) is 1.02. The molecule has 0 aliphatic carbocycles. The van der Waals surface area contributed by atoms with Crippen molar-refractivity contribution >= 4 is 5.97 Å². The Morgan fingerprint density at radius 3 is 2.38 bits per heavy atom. The van der Waals surface area contributed by atoms with Gasteiger partial charge in [-0.3, -0.25) is 0 Å². The van der Waals surface area contributed by atoms with Crippen molar-refractivity contribution in [2.75, 3.05) is 6.61 Å². The number of hydrogen-bond acceptors (Lipinski definition) is 4. The molecule has 1 rings (SSSR count). The molecular formula is C12H16O4. The average Bonchev–Trinajstić information content (AvgIpc) is 2.17. The van der Waals surface area contributed by atoms with Gasteiger partial charge in [-0.2, -0.15) is 0 Å². The minimum absolute atomic E-state index is 0.103. The van der Waals surface area contributed by atoms with Gasteiger partial charge in [0.15, 0.2) is 11.5 Å². The Kier molecular flexibility index (Phi) is 3.42. The first-order chi connectivity index (χ1) is 7.29. The molecule has 0 fully saturated rings. The summed E-state index contributed by atoms with van der Waals surface area (Å²) >= 11 is 0. The van der Waals surface area contributed by atoms with Gasteiger partial charge in [-0.1, -0.05) is 20.8 Å². The standard InChI is InChI=1S/C12H16O4/c1-12(2,3)7-16-11(15)8-4-5-9(13)10(14)6-8/h4-6,13-14H,7H2,1-3H3. The lowest BCUT2D eigenvalue weighted by Crippen LogP contribution is -2.18. The molecule has 0 radical (unpaired) electrons. The molecular weight excluding hydrogens is 208 g/mol. The van der Waals surface area contributed by atoms with Crippen LogP contribution in [0.15, 0.2) is 18.2 Å². The van der Waals surface area contributed by atoms with E-state index in [4.69, 9.17) is 9.84 Å². The Hall–Kier alpha value is -1.71. The molecule has 0 aliphatic heterocycles. The SMILES string of the molecule is CC(C)(C)COC(=O)c1ccc(O)c(O)c1. The van der Waals surface area contributed by atoms with E-state index in [-0.39, 0.29) is 22.5 Å². The smallest absolute Gasteiger partial charge is 0.338 e. The van der Waals surface area contributed by atoms with Gasteiger partial charge in [0.25, 0.3) is 0 Å². The molecule has 0 unspecified atom stereocenters. The van der Waals surface area contributed by atoms with Gasteiger partial charge in [-0.25, -0.2) is 4.79 Å². The van der Waals surface area contributed by atoms with Crippen molar-refractivity contribution in [1.29, 1.82) is 0 Å². The highest BCUT2D eigenvalue weighted by Gasteiger charge is 2.15. The van der Waals surface area contributed by atoms with Gasteiger partial charge in [-0.05, 0) is 23.6 Å². The van der Waals surface area contributed by atoms with Crippen molar-refractivity contribution in [2.24, 2.45) is 5.41 Å². The summed E-state index contributed by atoms with van der Waals surface area (Å²) in [6.07, 6.45) is 0. The topological polar surface area (TPSA) is 66.8 Å². The third kappa shape index (κ3) is 3.46. The maximum absolute atomic E-state index is 11.5. The predicted octanol–water partition coefficient (Wildman–Crippen LogP) is 2.30. The zero-order chi connectivity index (χ0) is 12.3. The first-order valence-electron chi connectivity index (χ1n) is 4.99. The van der Waals surface area contributed by atoms with Crippen molar-refractivity contribution in [3.8, 4) is 11.5 Å². The van der Waals surface area contributed by atoms with Crippen LogP contribution in [0.25, 0.3) is 0 Å². The Morgan fingerprint density at radius 1 is 1.25 bits per heavy atom. The van der Waals surface area contributed by atoms with E-state index in [0.717, 1.165) is 0 Å². The Balaban J connectivity index is 2.70. The third-order valence-electron chi connectivity index (χ3n) is 1.85. The number of carbonyl (C=O) groups excluding carboxylic acids is 1. The number of carbonyl (C=O) groups is 1. The highest BCUT2D eigenvalue weighted by molar-refractivity contribution is 5.90. The van der Waals surface area contributed by atoms with Gasteiger partial charge in [0.1, 0.15) is 0 Å². The number of phenolic OH excluding ortho intramolecular Hbond substituents is 2. The van der Waals surface area contributed by atoms with Crippen LogP contribution in [-0.2, 0) is 4.74 Å². The summed E-state index contributed by atoms with van der Waals surface area (Å²) in [6.45, 7) is 6.16. The summed E-state index contributed by atoms with van der Waals surface area (Å²) in [5, 5.41) is 18.3. The summed E-state index contributed by atoms with van der Waals surface area (Å²) in [5.74, 6) is -1.09. The molecule has 0 aliphatic rings. The van der Waals surface area contributed by atoms with Crippen LogP contribution in [0.4, 0.5) is 0 Å². The maximum Gasteiger partial charge on any atom is 0.338 e. The molecule has 0 atom stereocenters. The van der Waals surface area contributed by atoms with E-state index in [1.165, 1.54) is 18.2 Å². The zero-order valence-corrected chi connectivity index (χ0v) is 9.65. The minimum atomic E-state index is -0.509. The van der Waals surface area contributed by atoms with Gasteiger partial charge in [0.2, 0.25) is 0 Å². The second-order valence-electron chi connectivity index (χ2n) is 4.84. The summed E-state index contributed by atoms with van der Waals surface area (Å²) in [6, 6.07) is 3.84. The molecule has 0 spiro atoms. The largest absolute Gasteiger partial charge is 0.504 e. The molecule has 16 heavy (non-hydrogen) atoms. The average molecular weight is 224 g/mol. The van der Waals surface area contributed by atoms with Crippen molar-refractivity contribution in [3.05, 3.63) is 23.8 Å². The molecule has 4 nitrogen and oxygen atoms in total. The van der Waals surface area contributed by atoms with Crippen LogP contribution in [0.5, 0.6) is 11.5 Å². The second kappa shape index (κ2) is 4.43. The molecule has 0 saturated carbocycles. The van der Waals surface area contributed by atoms with Gasteiger partial charge in [0, 0.05) is 0 Å². The highest BCUT2D eigenvalue weighted by Crippen LogP contribution is 2.25. The van der Waals surface area contributed by atoms with E-state index in [1.54, 1.807) is 0 Å². The summed E-state index contributed by atoms with van der Waals surface area (Å²) in [7, 11) is 0. The van der Waals surface area contributed by atoms with Crippen LogP contribution in [0.2, 0.25) is 0 Å². The maximum atomic E-state index is 11.5. The van der Waals surface area contributed by atoms with E-state index in [9.17, 15) is 9.90 Å². The fourth-order valence-corrected chi connectivity index (χ4v) is 1.02. The van der Waals surface area contributed by atoms with Crippen LogP contribution in [0.3, 0.4) is 0 Å². The summed E-state index contributed by atoms with van der Waals surface area (Å²) in [5.41, 5.74) is 0.119. The van der Waals surface area contributed by atoms with E-state index < -0.39 is 5.97 Å². The third-order valence-corrected chi connectivity index (χ3v) is 1.85. The Labute approximate surface area is 94.5 Å². The first kappa shape index (κ1) is 12.4. The molecule has 0 amide bonds. The van der Waals surface area contributed by atoms with Crippen LogP contribution in [0, 0.1) is 5.41 Å². The van der Waals surface area contributed by atoms with Gasteiger partial charge >= 0.3 is 5.97 Å². The molecule has 1 aromatic rings. The monoisotopic (exact) mass is 224 g/mol. The van der Waals surface area contributed by atoms with Gasteiger partial charge in [0.05, 0.1) is 12.2 Å². The van der Waals surface area contributed by atoms with Crippen molar-refractivity contribution < 1.29 is 19.7 Å². The van der Waals surface area contributed by atoms with Crippen LogP contribution in [0.1, 0.15) is 31.1 Å². The normalized spacial score (nSPS) is 11.2. The van der Waals surface area contributed by atoms with E-state index in [0.29, 0.717) is 6.61 Å². The van der Waals surface area contributed by atoms with Crippen molar-refractivity contribution in [1.82, 2.24) is 0 Å². The quantitative estimate of drug-likeness (QED) is 0.597. The van der Waals surface area contributed by atoms with E-state index in [2.05, 4.69) is 0 Å². The number of esters is 1. The van der Waals surface area contributed by atoms with Gasteiger partial charge < -0.3 is 14.9 Å². The molecule has 0 bridgehead atoms. The molecule has 1 aromatic carbocycles. The highest BCUT2D eigenvalue weighted by atomic mass is 16.5.